The Balaban J connectivity index is 1.49. The van der Waals surface area contributed by atoms with Crippen molar-refractivity contribution in [1.29, 1.82) is 0 Å². The summed E-state index contributed by atoms with van der Waals surface area (Å²) in [6.07, 6.45) is 13.7. The van der Waals surface area contributed by atoms with Crippen LogP contribution in [0.15, 0.2) is 0 Å². The van der Waals surface area contributed by atoms with E-state index in [2.05, 4.69) is 10.6 Å². The van der Waals surface area contributed by atoms with Crippen LogP contribution in [0.2, 0.25) is 0 Å². The van der Waals surface area contributed by atoms with Crippen LogP contribution in [0.4, 0.5) is 0 Å². The van der Waals surface area contributed by atoms with Crippen LogP contribution in [0.1, 0.15) is 70.6 Å². The highest BCUT2D eigenvalue weighted by Gasteiger charge is 2.15. The second-order valence-corrected chi connectivity index (χ2v) is 6.33. The Kier molecular flexibility index (Phi) is 6.69. The molecule has 1 aliphatic heterocycles. The molecule has 1 unspecified atom stereocenters. The highest BCUT2D eigenvalue weighted by atomic mass is 16.1. The van der Waals surface area contributed by atoms with Gasteiger partial charge in [-0.25, -0.2) is 0 Å². The third-order valence-corrected chi connectivity index (χ3v) is 4.73. The molecule has 3 nitrogen and oxygen atoms in total. The Labute approximate surface area is 117 Å². The van der Waals surface area contributed by atoms with Crippen LogP contribution in [-0.4, -0.2) is 25.0 Å². The molecule has 3 heteroatoms. The van der Waals surface area contributed by atoms with E-state index in [-0.39, 0.29) is 5.91 Å². The summed E-state index contributed by atoms with van der Waals surface area (Å²) in [5.74, 6) is 1.12. The number of carbonyl (C=O) groups excluding carboxylic acids is 1. The zero-order valence-corrected chi connectivity index (χ0v) is 12.3. The molecule has 0 aromatic carbocycles. The zero-order chi connectivity index (χ0) is 13.3. The van der Waals surface area contributed by atoms with E-state index in [4.69, 9.17) is 0 Å². The summed E-state index contributed by atoms with van der Waals surface area (Å²) in [6.45, 7) is 2.02. The largest absolute Gasteiger partial charge is 0.356 e. The van der Waals surface area contributed by atoms with Gasteiger partial charge in [0.2, 0.25) is 5.91 Å². The molecule has 2 fully saturated rings. The fraction of sp³-hybridized carbons (Fsp3) is 0.938. The molecule has 19 heavy (non-hydrogen) atoms. The third kappa shape index (κ3) is 5.94. The van der Waals surface area contributed by atoms with Crippen LogP contribution >= 0.6 is 0 Å². The molecule has 0 spiro atoms. The highest BCUT2D eigenvalue weighted by Crippen LogP contribution is 2.25. The molecular weight excluding hydrogens is 236 g/mol. The van der Waals surface area contributed by atoms with Gasteiger partial charge >= 0.3 is 0 Å². The number of hydrogen-bond acceptors (Lipinski definition) is 2. The number of rotatable bonds is 6. The molecule has 1 saturated carbocycles. The second-order valence-electron chi connectivity index (χ2n) is 6.33. The van der Waals surface area contributed by atoms with E-state index in [1.54, 1.807) is 0 Å². The third-order valence-electron chi connectivity index (χ3n) is 4.73. The van der Waals surface area contributed by atoms with Crippen LogP contribution < -0.4 is 10.6 Å². The minimum atomic E-state index is 0.253. The first-order valence-electron chi connectivity index (χ1n) is 8.34. The minimum Gasteiger partial charge on any atom is -0.356 e. The molecule has 0 radical (unpaired) electrons. The summed E-state index contributed by atoms with van der Waals surface area (Å²) in [4.78, 5) is 11.8. The highest BCUT2D eigenvalue weighted by molar-refractivity contribution is 5.75. The smallest absolute Gasteiger partial charge is 0.220 e. The van der Waals surface area contributed by atoms with Gasteiger partial charge in [-0.3, -0.25) is 4.79 Å². The fourth-order valence-corrected chi connectivity index (χ4v) is 3.46. The van der Waals surface area contributed by atoms with Crippen LogP contribution in [0.5, 0.6) is 0 Å². The summed E-state index contributed by atoms with van der Waals surface area (Å²) < 4.78 is 0. The van der Waals surface area contributed by atoms with Crippen molar-refractivity contribution in [3.63, 3.8) is 0 Å². The average Bonchev–Trinajstić information content (AvgIpc) is 2.47. The second kappa shape index (κ2) is 8.57. The maximum absolute atomic E-state index is 11.8. The van der Waals surface area contributed by atoms with E-state index in [1.807, 2.05) is 0 Å². The van der Waals surface area contributed by atoms with Crippen molar-refractivity contribution in [3.05, 3.63) is 0 Å². The normalized spacial score (nSPS) is 25.2. The number of amides is 1. The predicted molar refractivity (Wildman–Crippen MR) is 79.1 cm³/mol. The van der Waals surface area contributed by atoms with E-state index in [1.165, 1.54) is 57.8 Å². The van der Waals surface area contributed by atoms with Crippen molar-refractivity contribution in [3.8, 4) is 0 Å². The molecule has 1 saturated heterocycles. The molecule has 0 aromatic heterocycles. The van der Waals surface area contributed by atoms with Crippen LogP contribution in [0.25, 0.3) is 0 Å². The van der Waals surface area contributed by atoms with Gasteiger partial charge in [-0.2, -0.15) is 0 Å². The monoisotopic (exact) mass is 266 g/mol. The predicted octanol–water partition coefficient (Wildman–Crippen LogP) is 3.00. The molecular formula is C16H30N2O. The number of hydrogen-bond donors (Lipinski definition) is 2. The van der Waals surface area contributed by atoms with Crippen molar-refractivity contribution in [2.45, 2.75) is 76.7 Å². The van der Waals surface area contributed by atoms with Crippen molar-refractivity contribution in [2.75, 3.05) is 13.1 Å². The zero-order valence-electron chi connectivity index (χ0n) is 12.3. The molecule has 110 valence electrons. The lowest BCUT2D eigenvalue weighted by atomic mass is 9.87. The fourth-order valence-electron chi connectivity index (χ4n) is 3.46. The van der Waals surface area contributed by atoms with Gasteiger partial charge in [0.15, 0.2) is 0 Å². The van der Waals surface area contributed by atoms with Crippen molar-refractivity contribution in [2.24, 2.45) is 5.92 Å². The molecule has 2 rings (SSSR count). The van der Waals surface area contributed by atoms with Crippen molar-refractivity contribution in [1.82, 2.24) is 10.6 Å². The standard InChI is InChI=1S/C16H30N2O/c19-16(10-9-15-8-4-5-12-17-15)18-13-11-14-6-2-1-3-7-14/h14-15,17H,1-13H2,(H,18,19). The Bertz CT molecular complexity index is 255. The number of nitrogens with one attached hydrogen (secondary N) is 2. The van der Waals surface area contributed by atoms with Gasteiger partial charge in [-0.15, -0.1) is 0 Å². The minimum absolute atomic E-state index is 0.253. The number of carbonyl (C=O) groups is 1. The number of piperidine rings is 1. The molecule has 0 bridgehead atoms. The van der Waals surface area contributed by atoms with Gasteiger partial charge in [0.05, 0.1) is 0 Å². The molecule has 2 N–H and O–H groups in total. The quantitative estimate of drug-likeness (QED) is 0.776. The lowest BCUT2D eigenvalue weighted by Crippen LogP contribution is -2.35. The van der Waals surface area contributed by atoms with Gasteiger partial charge in [0.25, 0.3) is 0 Å². The first-order chi connectivity index (χ1) is 9.34. The SMILES string of the molecule is O=C(CCC1CCCCN1)NCCC1CCCCC1. The van der Waals surface area contributed by atoms with Crippen LogP contribution in [0, 0.1) is 5.92 Å². The van der Waals surface area contributed by atoms with E-state index >= 15 is 0 Å². The lowest BCUT2D eigenvalue weighted by Gasteiger charge is -2.23. The van der Waals surface area contributed by atoms with E-state index in [0.717, 1.165) is 25.4 Å². The van der Waals surface area contributed by atoms with E-state index in [9.17, 15) is 4.79 Å². The topological polar surface area (TPSA) is 41.1 Å². The molecule has 1 amide bonds. The van der Waals surface area contributed by atoms with Gasteiger partial charge in [0.1, 0.15) is 0 Å². The van der Waals surface area contributed by atoms with Crippen LogP contribution in [-0.2, 0) is 4.79 Å². The van der Waals surface area contributed by atoms with Gasteiger partial charge < -0.3 is 10.6 Å². The first kappa shape index (κ1) is 14.8. The van der Waals surface area contributed by atoms with E-state index in [0.29, 0.717) is 12.5 Å². The molecule has 2 aliphatic rings. The summed E-state index contributed by atoms with van der Waals surface area (Å²) in [6, 6.07) is 0.581. The molecule has 1 atom stereocenters. The van der Waals surface area contributed by atoms with Crippen molar-refractivity contribution >= 4 is 5.91 Å². The van der Waals surface area contributed by atoms with Crippen LogP contribution in [0.3, 0.4) is 0 Å². The Morgan fingerprint density at radius 1 is 1.00 bits per heavy atom. The Morgan fingerprint density at radius 3 is 2.53 bits per heavy atom. The summed E-state index contributed by atoms with van der Waals surface area (Å²) >= 11 is 0. The van der Waals surface area contributed by atoms with Crippen molar-refractivity contribution < 1.29 is 4.79 Å². The lowest BCUT2D eigenvalue weighted by molar-refractivity contribution is -0.121. The van der Waals surface area contributed by atoms with E-state index < -0.39 is 0 Å². The van der Waals surface area contributed by atoms with Gasteiger partial charge in [0, 0.05) is 19.0 Å². The molecule has 1 heterocycles. The molecule has 1 aliphatic carbocycles. The van der Waals surface area contributed by atoms with Gasteiger partial charge in [-0.1, -0.05) is 38.5 Å². The summed E-state index contributed by atoms with van der Waals surface area (Å²) in [5, 5.41) is 6.61. The van der Waals surface area contributed by atoms with Gasteiger partial charge in [-0.05, 0) is 38.1 Å². The summed E-state index contributed by atoms with van der Waals surface area (Å²) in [7, 11) is 0. The maximum Gasteiger partial charge on any atom is 0.220 e. The average molecular weight is 266 g/mol. The molecule has 0 aromatic rings. The Hall–Kier alpha value is -0.570. The maximum atomic E-state index is 11.8. The Morgan fingerprint density at radius 2 is 1.79 bits per heavy atom. The first-order valence-corrected chi connectivity index (χ1v) is 8.34. The summed E-state index contributed by atoms with van der Waals surface area (Å²) in [5.41, 5.74) is 0.